The van der Waals surface area contributed by atoms with Gasteiger partial charge in [-0.05, 0) is 12.8 Å². The predicted octanol–water partition coefficient (Wildman–Crippen LogP) is 1.28. The van der Waals surface area contributed by atoms with E-state index in [1.54, 1.807) is 6.08 Å². The van der Waals surface area contributed by atoms with Crippen molar-refractivity contribution in [3.05, 3.63) is 24.5 Å². The Bertz CT molecular complexity index is 438. The Morgan fingerprint density at radius 2 is 2.06 bits per heavy atom. The van der Waals surface area contributed by atoms with Gasteiger partial charge in [-0.1, -0.05) is 17.3 Å². The second-order valence-corrected chi connectivity index (χ2v) is 3.87. The zero-order chi connectivity index (χ0) is 12.3. The number of carboxylic acids is 1. The number of aromatic nitrogens is 1. The molecule has 2 rings (SSSR count). The first-order valence-electron chi connectivity index (χ1n) is 5.27. The van der Waals surface area contributed by atoms with E-state index in [1.807, 2.05) is 6.08 Å². The second kappa shape index (κ2) is 4.82. The number of carbonyl (C=O) groups is 2. The molecule has 6 nitrogen and oxygen atoms in total. The van der Waals surface area contributed by atoms with Crippen LogP contribution in [0, 0.1) is 11.8 Å². The summed E-state index contributed by atoms with van der Waals surface area (Å²) in [7, 11) is 0. The highest BCUT2D eigenvalue weighted by molar-refractivity contribution is 5.94. The van der Waals surface area contributed by atoms with E-state index >= 15 is 0 Å². The van der Waals surface area contributed by atoms with Crippen LogP contribution in [0.2, 0.25) is 0 Å². The molecule has 0 fully saturated rings. The minimum Gasteiger partial charge on any atom is -0.481 e. The molecule has 1 aromatic rings. The van der Waals surface area contributed by atoms with Gasteiger partial charge in [-0.3, -0.25) is 9.59 Å². The molecule has 0 bridgehead atoms. The Hall–Kier alpha value is -2.11. The summed E-state index contributed by atoms with van der Waals surface area (Å²) in [5.41, 5.74) is 0. The monoisotopic (exact) mass is 236 g/mol. The first-order chi connectivity index (χ1) is 8.18. The van der Waals surface area contributed by atoms with Crippen LogP contribution in [0.4, 0.5) is 5.82 Å². The summed E-state index contributed by atoms with van der Waals surface area (Å²) in [5, 5.41) is 15.1. The molecule has 1 heterocycles. The van der Waals surface area contributed by atoms with Crippen LogP contribution in [0.5, 0.6) is 0 Å². The highest BCUT2D eigenvalue weighted by atomic mass is 16.5. The van der Waals surface area contributed by atoms with Gasteiger partial charge in [-0.2, -0.15) is 0 Å². The van der Waals surface area contributed by atoms with Crippen molar-refractivity contribution in [1.29, 1.82) is 0 Å². The first-order valence-corrected chi connectivity index (χ1v) is 5.27. The molecule has 0 saturated carbocycles. The summed E-state index contributed by atoms with van der Waals surface area (Å²) in [4.78, 5) is 22.9. The standard InChI is InChI=1S/C11H12N2O4/c14-10(12-9-5-6-17-13-9)7-3-1-2-4-8(7)11(15)16/h1-2,5-8H,3-4H2,(H,15,16)(H,12,13,14)/t7-,8+/m0/s1. The van der Waals surface area contributed by atoms with Gasteiger partial charge in [-0.15, -0.1) is 0 Å². The third-order valence-corrected chi connectivity index (χ3v) is 2.78. The number of hydrogen-bond acceptors (Lipinski definition) is 4. The van der Waals surface area contributed by atoms with Gasteiger partial charge in [0.05, 0.1) is 11.8 Å². The molecule has 2 N–H and O–H groups in total. The van der Waals surface area contributed by atoms with Crippen LogP contribution >= 0.6 is 0 Å². The van der Waals surface area contributed by atoms with Gasteiger partial charge in [-0.25, -0.2) is 0 Å². The third-order valence-electron chi connectivity index (χ3n) is 2.78. The van der Waals surface area contributed by atoms with E-state index < -0.39 is 17.8 Å². The maximum atomic E-state index is 11.9. The van der Waals surface area contributed by atoms with Crippen LogP contribution in [-0.4, -0.2) is 22.1 Å². The average molecular weight is 236 g/mol. The molecule has 2 atom stereocenters. The van der Waals surface area contributed by atoms with E-state index in [1.165, 1.54) is 12.3 Å². The molecule has 0 spiro atoms. The minimum absolute atomic E-state index is 0.300. The Balaban J connectivity index is 2.07. The summed E-state index contributed by atoms with van der Waals surface area (Å²) in [6.07, 6.45) is 5.77. The maximum Gasteiger partial charge on any atom is 0.307 e. The number of amides is 1. The lowest BCUT2D eigenvalue weighted by atomic mass is 9.82. The van der Waals surface area contributed by atoms with Crippen LogP contribution in [0.15, 0.2) is 29.0 Å². The van der Waals surface area contributed by atoms with Crippen LogP contribution in [0.3, 0.4) is 0 Å². The Morgan fingerprint density at radius 1 is 1.35 bits per heavy atom. The number of carbonyl (C=O) groups excluding carboxylic acids is 1. The summed E-state index contributed by atoms with van der Waals surface area (Å²) in [5.74, 6) is -2.22. The van der Waals surface area contributed by atoms with Crippen molar-refractivity contribution in [3.8, 4) is 0 Å². The summed E-state index contributed by atoms with van der Waals surface area (Å²) in [6.45, 7) is 0. The zero-order valence-corrected chi connectivity index (χ0v) is 9.00. The van der Waals surface area contributed by atoms with E-state index in [4.69, 9.17) is 5.11 Å². The van der Waals surface area contributed by atoms with Crippen LogP contribution in [-0.2, 0) is 9.59 Å². The average Bonchev–Trinajstić information content (AvgIpc) is 2.81. The Morgan fingerprint density at radius 3 is 2.65 bits per heavy atom. The van der Waals surface area contributed by atoms with Crippen molar-refractivity contribution >= 4 is 17.7 Å². The lowest BCUT2D eigenvalue weighted by Gasteiger charge is -2.23. The van der Waals surface area contributed by atoms with E-state index in [2.05, 4.69) is 15.0 Å². The molecule has 1 aromatic heterocycles. The number of anilines is 1. The van der Waals surface area contributed by atoms with Crippen molar-refractivity contribution in [2.45, 2.75) is 12.8 Å². The molecule has 17 heavy (non-hydrogen) atoms. The van der Waals surface area contributed by atoms with Crippen molar-refractivity contribution in [3.63, 3.8) is 0 Å². The van der Waals surface area contributed by atoms with Gasteiger partial charge in [0.25, 0.3) is 0 Å². The lowest BCUT2D eigenvalue weighted by Crippen LogP contribution is -2.34. The normalized spacial score (nSPS) is 23.3. The largest absolute Gasteiger partial charge is 0.481 e. The molecule has 1 aliphatic carbocycles. The number of carboxylic acid groups (broad SMARTS) is 1. The van der Waals surface area contributed by atoms with Gasteiger partial charge in [0.2, 0.25) is 5.91 Å². The number of rotatable bonds is 3. The SMILES string of the molecule is O=C(Nc1ccon1)[C@H]1CC=CC[C@H]1C(=O)O. The van der Waals surface area contributed by atoms with Gasteiger partial charge in [0.15, 0.2) is 5.82 Å². The van der Waals surface area contributed by atoms with Crippen LogP contribution in [0.1, 0.15) is 12.8 Å². The van der Waals surface area contributed by atoms with E-state index in [9.17, 15) is 9.59 Å². The Labute approximate surface area is 97.3 Å². The fraction of sp³-hybridized carbons (Fsp3) is 0.364. The van der Waals surface area contributed by atoms with Crippen molar-refractivity contribution in [2.75, 3.05) is 5.32 Å². The van der Waals surface area contributed by atoms with Gasteiger partial charge >= 0.3 is 5.97 Å². The number of aliphatic carboxylic acids is 1. The van der Waals surface area contributed by atoms with Crippen molar-refractivity contribution in [1.82, 2.24) is 5.16 Å². The molecule has 0 radical (unpaired) electrons. The number of allylic oxidation sites excluding steroid dienone is 2. The highest BCUT2D eigenvalue weighted by Gasteiger charge is 2.34. The van der Waals surface area contributed by atoms with E-state index in [-0.39, 0.29) is 5.91 Å². The smallest absolute Gasteiger partial charge is 0.307 e. The molecular weight excluding hydrogens is 224 g/mol. The Kier molecular flexibility index (Phi) is 3.22. The van der Waals surface area contributed by atoms with Gasteiger partial charge < -0.3 is 14.9 Å². The molecule has 90 valence electrons. The van der Waals surface area contributed by atoms with Crippen LogP contribution in [0.25, 0.3) is 0 Å². The molecule has 0 aliphatic heterocycles. The van der Waals surface area contributed by atoms with Gasteiger partial charge in [0.1, 0.15) is 6.26 Å². The van der Waals surface area contributed by atoms with E-state index in [0.29, 0.717) is 18.7 Å². The van der Waals surface area contributed by atoms with Gasteiger partial charge in [0, 0.05) is 6.07 Å². The number of hydrogen-bond donors (Lipinski definition) is 2. The molecular formula is C11H12N2O4. The molecule has 1 amide bonds. The number of nitrogens with one attached hydrogen (secondary N) is 1. The molecule has 0 aromatic carbocycles. The molecule has 1 aliphatic rings. The first kappa shape index (κ1) is 11.4. The lowest BCUT2D eigenvalue weighted by molar-refractivity contribution is -0.146. The molecule has 0 unspecified atom stereocenters. The fourth-order valence-electron chi connectivity index (χ4n) is 1.87. The van der Waals surface area contributed by atoms with Crippen molar-refractivity contribution < 1.29 is 19.2 Å². The summed E-state index contributed by atoms with van der Waals surface area (Å²) >= 11 is 0. The fourth-order valence-corrected chi connectivity index (χ4v) is 1.87. The highest BCUT2D eigenvalue weighted by Crippen LogP contribution is 2.26. The second-order valence-electron chi connectivity index (χ2n) is 3.87. The summed E-state index contributed by atoms with van der Waals surface area (Å²) < 4.78 is 4.58. The van der Waals surface area contributed by atoms with E-state index in [0.717, 1.165) is 0 Å². The topological polar surface area (TPSA) is 92.4 Å². The summed E-state index contributed by atoms with van der Waals surface area (Å²) in [6, 6.07) is 1.51. The number of nitrogens with zero attached hydrogens (tertiary/aromatic N) is 1. The minimum atomic E-state index is -0.949. The quantitative estimate of drug-likeness (QED) is 0.771. The predicted molar refractivity (Wildman–Crippen MR) is 58.1 cm³/mol. The van der Waals surface area contributed by atoms with Crippen molar-refractivity contribution in [2.24, 2.45) is 11.8 Å². The maximum absolute atomic E-state index is 11.9. The molecule has 0 saturated heterocycles. The zero-order valence-electron chi connectivity index (χ0n) is 9.00. The van der Waals surface area contributed by atoms with Crippen LogP contribution < -0.4 is 5.32 Å². The molecule has 6 heteroatoms. The third kappa shape index (κ3) is 2.52.